The van der Waals surface area contributed by atoms with Crippen molar-refractivity contribution < 1.29 is 5.11 Å². The maximum absolute atomic E-state index is 9.35. The Labute approximate surface area is 178 Å². The molecule has 29 heavy (non-hydrogen) atoms. The van der Waals surface area contributed by atoms with Crippen molar-refractivity contribution in [1.29, 1.82) is 0 Å². The van der Waals surface area contributed by atoms with Gasteiger partial charge in [-0.25, -0.2) is 0 Å². The smallest absolute Gasteiger partial charge is 0.191 e. The van der Waals surface area contributed by atoms with Gasteiger partial charge in [0.2, 0.25) is 0 Å². The maximum atomic E-state index is 9.35. The molecule has 0 spiro atoms. The van der Waals surface area contributed by atoms with Crippen LogP contribution in [0, 0.1) is 11.8 Å². The number of aliphatic hydroxyl groups excluding tert-OH is 1. The average Bonchev–Trinajstić information content (AvgIpc) is 2.72. The monoisotopic (exact) mass is 402 g/mol. The molecule has 2 rings (SSSR count). The Hall–Kier alpha value is -1.59. The van der Waals surface area contributed by atoms with Crippen molar-refractivity contribution in [2.24, 2.45) is 16.8 Å². The number of nitrogens with one attached hydrogen (secondary N) is 2. The van der Waals surface area contributed by atoms with Crippen molar-refractivity contribution in [3.8, 4) is 0 Å². The Kier molecular flexibility index (Phi) is 10.5. The first kappa shape index (κ1) is 23.7. The lowest BCUT2D eigenvalue weighted by Crippen LogP contribution is -2.49. The van der Waals surface area contributed by atoms with Crippen molar-refractivity contribution in [3.05, 3.63) is 35.9 Å². The number of hydrogen-bond acceptors (Lipinski definition) is 3. The second kappa shape index (κ2) is 12.9. The summed E-state index contributed by atoms with van der Waals surface area (Å²) in [5.74, 6) is 2.01. The number of piperidine rings is 1. The summed E-state index contributed by atoms with van der Waals surface area (Å²) in [6.07, 6.45) is 4.21. The number of nitrogens with zero attached hydrogens (tertiary/aromatic N) is 2. The van der Waals surface area contributed by atoms with Crippen molar-refractivity contribution in [2.45, 2.75) is 65.5 Å². The third-order valence-electron chi connectivity index (χ3n) is 5.89. The van der Waals surface area contributed by atoms with Crippen LogP contribution < -0.4 is 10.6 Å². The third kappa shape index (κ3) is 8.35. The predicted molar refractivity (Wildman–Crippen MR) is 123 cm³/mol. The SMILES string of the molecule is CCNC(=NCC(CCO)CC(C)C)NC1CCN(C(C)c2ccccc2)CC1. The van der Waals surface area contributed by atoms with Crippen molar-refractivity contribution in [2.75, 3.05) is 32.8 Å². The van der Waals surface area contributed by atoms with Gasteiger partial charge in [-0.05, 0) is 56.9 Å². The summed E-state index contributed by atoms with van der Waals surface area (Å²) in [5.41, 5.74) is 1.40. The van der Waals surface area contributed by atoms with Crippen LogP contribution in [0.1, 0.15) is 65.0 Å². The predicted octanol–water partition coefficient (Wildman–Crippen LogP) is 3.81. The van der Waals surface area contributed by atoms with E-state index in [-0.39, 0.29) is 6.61 Å². The maximum Gasteiger partial charge on any atom is 0.191 e. The fourth-order valence-corrected chi connectivity index (χ4v) is 4.24. The summed E-state index contributed by atoms with van der Waals surface area (Å²) in [6, 6.07) is 11.7. The molecule has 1 aliphatic heterocycles. The molecule has 0 aromatic heterocycles. The molecule has 0 aliphatic carbocycles. The largest absolute Gasteiger partial charge is 0.396 e. The molecule has 0 saturated carbocycles. The molecule has 0 bridgehead atoms. The van der Waals surface area contributed by atoms with Gasteiger partial charge in [-0.15, -0.1) is 0 Å². The van der Waals surface area contributed by atoms with E-state index in [1.54, 1.807) is 0 Å². The zero-order valence-electron chi connectivity index (χ0n) is 18.9. The molecule has 5 heteroatoms. The molecule has 2 atom stereocenters. The van der Waals surface area contributed by atoms with Crippen molar-refractivity contribution in [3.63, 3.8) is 0 Å². The molecular weight excluding hydrogens is 360 g/mol. The summed E-state index contributed by atoms with van der Waals surface area (Å²) >= 11 is 0. The summed E-state index contributed by atoms with van der Waals surface area (Å²) in [5, 5.41) is 16.4. The first-order chi connectivity index (χ1) is 14.0. The van der Waals surface area contributed by atoms with Crippen LogP contribution in [0.5, 0.6) is 0 Å². The zero-order valence-corrected chi connectivity index (χ0v) is 18.9. The zero-order chi connectivity index (χ0) is 21.1. The first-order valence-corrected chi connectivity index (χ1v) is 11.5. The van der Waals surface area contributed by atoms with Crippen molar-refractivity contribution >= 4 is 5.96 Å². The molecular formula is C24H42N4O. The highest BCUT2D eigenvalue weighted by Gasteiger charge is 2.24. The van der Waals surface area contributed by atoms with E-state index in [4.69, 9.17) is 4.99 Å². The Balaban J connectivity index is 1.86. The molecule has 2 unspecified atom stereocenters. The van der Waals surface area contributed by atoms with Crippen LogP contribution in [0.25, 0.3) is 0 Å². The summed E-state index contributed by atoms with van der Waals surface area (Å²) in [4.78, 5) is 7.43. The van der Waals surface area contributed by atoms with Crippen LogP contribution in [0.15, 0.2) is 35.3 Å². The van der Waals surface area contributed by atoms with E-state index >= 15 is 0 Å². The number of guanidine groups is 1. The lowest BCUT2D eigenvalue weighted by Gasteiger charge is -2.37. The summed E-state index contributed by atoms with van der Waals surface area (Å²) in [6.45, 7) is 13.0. The van der Waals surface area contributed by atoms with Gasteiger partial charge in [-0.2, -0.15) is 0 Å². The minimum absolute atomic E-state index is 0.245. The Morgan fingerprint density at radius 1 is 1.17 bits per heavy atom. The molecule has 5 nitrogen and oxygen atoms in total. The molecule has 0 radical (unpaired) electrons. The molecule has 3 N–H and O–H groups in total. The number of aliphatic hydroxyl groups is 1. The molecule has 1 aliphatic rings. The van der Waals surface area contributed by atoms with E-state index < -0.39 is 0 Å². The van der Waals surface area contributed by atoms with Crippen LogP contribution in [0.2, 0.25) is 0 Å². The minimum Gasteiger partial charge on any atom is -0.396 e. The van der Waals surface area contributed by atoms with Crippen LogP contribution in [-0.2, 0) is 0 Å². The molecule has 1 heterocycles. The molecule has 1 aromatic rings. The highest BCUT2D eigenvalue weighted by atomic mass is 16.3. The Morgan fingerprint density at radius 2 is 1.86 bits per heavy atom. The average molecular weight is 403 g/mol. The van der Waals surface area contributed by atoms with E-state index in [0.717, 1.165) is 57.8 Å². The lowest BCUT2D eigenvalue weighted by atomic mass is 9.94. The first-order valence-electron chi connectivity index (χ1n) is 11.5. The molecule has 0 amide bonds. The Morgan fingerprint density at radius 3 is 2.45 bits per heavy atom. The van der Waals surface area contributed by atoms with E-state index in [2.05, 4.69) is 73.6 Å². The number of benzene rings is 1. The molecule has 1 fully saturated rings. The topological polar surface area (TPSA) is 59.9 Å². The van der Waals surface area contributed by atoms with E-state index in [9.17, 15) is 5.11 Å². The molecule has 164 valence electrons. The lowest BCUT2D eigenvalue weighted by molar-refractivity contribution is 0.158. The number of aliphatic imine (C=N–C) groups is 1. The van der Waals surface area contributed by atoms with Gasteiger partial charge in [0.05, 0.1) is 0 Å². The van der Waals surface area contributed by atoms with Gasteiger partial charge < -0.3 is 15.7 Å². The van der Waals surface area contributed by atoms with E-state index in [0.29, 0.717) is 23.9 Å². The fourth-order valence-electron chi connectivity index (χ4n) is 4.24. The van der Waals surface area contributed by atoms with Gasteiger partial charge in [-0.3, -0.25) is 9.89 Å². The third-order valence-corrected chi connectivity index (χ3v) is 5.89. The normalized spacial score (nSPS) is 18.6. The van der Waals surface area contributed by atoms with E-state index in [1.165, 1.54) is 5.56 Å². The molecule has 1 saturated heterocycles. The van der Waals surface area contributed by atoms with Gasteiger partial charge in [-0.1, -0.05) is 44.2 Å². The Bertz CT molecular complexity index is 582. The van der Waals surface area contributed by atoms with Crippen LogP contribution in [0.4, 0.5) is 0 Å². The van der Waals surface area contributed by atoms with E-state index in [1.807, 2.05) is 0 Å². The van der Waals surface area contributed by atoms with Crippen LogP contribution in [-0.4, -0.2) is 54.8 Å². The summed E-state index contributed by atoms with van der Waals surface area (Å²) < 4.78 is 0. The fraction of sp³-hybridized carbons (Fsp3) is 0.708. The number of rotatable bonds is 10. The van der Waals surface area contributed by atoms with Gasteiger partial charge in [0.1, 0.15) is 0 Å². The number of likely N-dealkylation sites (tertiary alicyclic amines) is 1. The highest BCUT2D eigenvalue weighted by molar-refractivity contribution is 5.80. The van der Waals surface area contributed by atoms with Crippen LogP contribution >= 0.6 is 0 Å². The second-order valence-corrected chi connectivity index (χ2v) is 8.77. The molecule has 1 aromatic carbocycles. The van der Waals surface area contributed by atoms with Crippen molar-refractivity contribution in [1.82, 2.24) is 15.5 Å². The highest BCUT2D eigenvalue weighted by Crippen LogP contribution is 2.24. The summed E-state index contributed by atoms with van der Waals surface area (Å²) in [7, 11) is 0. The van der Waals surface area contributed by atoms with Gasteiger partial charge >= 0.3 is 0 Å². The van der Waals surface area contributed by atoms with Gasteiger partial charge in [0, 0.05) is 44.9 Å². The quantitative estimate of drug-likeness (QED) is 0.411. The number of hydrogen-bond donors (Lipinski definition) is 3. The minimum atomic E-state index is 0.245. The van der Waals surface area contributed by atoms with Gasteiger partial charge in [0.25, 0.3) is 0 Å². The van der Waals surface area contributed by atoms with Crippen LogP contribution in [0.3, 0.4) is 0 Å². The van der Waals surface area contributed by atoms with Gasteiger partial charge in [0.15, 0.2) is 5.96 Å². The second-order valence-electron chi connectivity index (χ2n) is 8.77. The standard InChI is InChI=1S/C24H42N4O/c1-5-25-24(26-18-21(13-16-29)17-19(2)3)27-23-11-14-28(15-12-23)20(4)22-9-7-6-8-10-22/h6-10,19-21,23,29H,5,11-18H2,1-4H3,(H2,25,26,27).